The Hall–Kier alpha value is -2.99. The molecule has 0 radical (unpaired) electrons. The zero-order chi connectivity index (χ0) is 18.4. The minimum Gasteiger partial charge on any atom is -0.377 e. The molecule has 3 aromatic rings. The van der Waals surface area contributed by atoms with Crippen LogP contribution in [0.1, 0.15) is 27.9 Å². The zero-order valence-electron chi connectivity index (χ0n) is 14.6. The molecule has 1 aromatic carbocycles. The van der Waals surface area contributed by atoms with Crippen molar-refractivity contribution in [2.45, 2.75) is 20.0 Å². The van der Waals surface area contributed by atoms with Gasteiger partial charge in [-0.05, 0) is 36.6 Å². The van der Waals surface area contributed by atoms with Gasteiger partial charge in [-0.15, -0.1) is 0 Å². The van der Waals surface area contributed by atoms with Crippen molar-refractivity contribution in [1.82, 2.24) is 14.7 Å². The molecule has 2 heterocycles. The summed E-state index contributed by atoms with van der Waals surface area (Å²) in [5, 5.41) is 2.74. The third-order valence-corrected chi connectivity index (χ3v) is 3.97. The van der Waals surface area contributed by atoms with E-state index < -0.39 is 5.91 Å². The number of ether oxygens (including phenoxy) is 1. The van der Waals surface area contributed by atoms with Crippen LogP contribution in [0.5, 0.6) is 0 Å². The first-order valence-electron chi connectivity index (χ1n) is 8.53. The minimum absolute atomic E-state index is 0.0385. The molecule has 6 nitrogen and oxygen atoms in total. The number of aromatic nitrogens is 2. The average molecular weight is 351 g/mol. The van der Waals surface area contributed by atoms with Crippen molar-refractivity contribution in [2.75, 3.05) is 13.2 Å². The summed E-state index contributed by atoms with van der Waals surface area (Å²) >= 11 is 0. The van der Waals surface area contributed by atoms with Crippen LogP contribution in [-0.2, 0) is 11.3 Å². The summed E-state index contributed by atoms with van der Waals surface area (Å²) in [5.74, 6) is -0.416. The van der Waals surface area contributed by atoms with Gasteiger partial charge in [0.15, 0.2) is 0 Å². The first kappa shape index (κ1) is 17.8. The Bertz CT molecular complexity index is 951. The second kappa shape index (κ2) is 8.40. The summed E-state index contributed by atoms with van der Waals surface area (Å²) in [6.07, 6.45) is 3.63. The molecule has 6 heteroatoms. The third-order valence-electron chi connectivity index (χ3n) is 3.97. The van der Waals surface area contributed by atoms with Gasteiger partial charge in [-0.25, -0.2) is 4.98 Å². The fourth-order valence-electron chi connectivity index (χ4n) is 2.57. The molecular formula is C20H21N3O3. The number of amides is 1. The van der Waals surface area contributed by atoms with Crippen LogP contribution in [0.25, 0.3) is 5.65 Å². The van der Waals surface area contributed by atoms with Crippen molar-refractivity contribution in [3.05, 3.63) is 81.9 Å². The maximum Gasteiger partial charge on any atom is 0.270 e. The molecule has 0 aliphatic heterocycles. The van der Waals surface area contributed by atoms with Crippen molar-refractivity contribution in [3.63, 3.8) is 0 Å². The van der Waals surface area contributed by atoms with Gasteiger partial charge < -0.3 is 10.1 Å². The lowest BCUT2D eigenvalue weighted by Crippen LogP contribution is -2.32. The van der Waals surface area contributed by atoms with E-state index in [9.17, 15) is 9.59 Å². The first-order valence-corrected chi connectivity index (χ1v) is 8.53. The number of benzene rings is 1. The van der Waals surface area contributed by atoms with E-state index in [1.54, 1.807) is 12.3 Å². The van der Waals surface area contributed by atoms with Gasteiger partial charge in [0, 0.05) is 25.5 Å². The van der Waals surface area contributed by atoms with Crippen LogP contribution in [0.2, 0.25) is 0 Å². The molecule has 0 spiro atoms. The number of hydrogen-bond acceptors (Lipinski definition) is 4. The predicted octanol–water partition coefficient (Wildman–Crippen LogP) is 2.34. The SMILES string of the molecule is Cc1ccn2c(=O)c(C(=O)NCCCOCc3ccccc3)cnc2c1. The van der Waals surface area contributed by atoms with Gasteiger partial charge >= 0.3 is 0 Å². The number of fused-ring (bicyclic) bond motifs is 1. The molecule has 1 amide bonds. The van der Waals surface area contributed by atoms with E-state index >= 15 is 0 Å². The number of nitrogens with one attached hydrogen (secondary N) is 1. The molecule has 0 saturated carbocycles. The lowest BCUT2D eigenvalue weighted by Gasteiger charge is -2.07. The minimum atomic E-state index is -0.416. The summed E-state index contributed by atoms with van der Waals surface area (Å²) < 4.78 is 6.95. The van der Waals surface area contributed by atoms with Gasteiger partial charge in [0.1, 0.15) is 11.2 Å². The van der Waals surface area contributed by atoms with Crippen LogP contribution >= 0.6 is 0 Å². The molecule has 0 atom stereocenters. The Morgan fingerprint density at radius 1 is 1.23 bits per heavy atom. The van der Waals surface area contributed by atoms with Crippen LogP contribution in [0.15, 0.2) is 59.7 Å². The molecule has 0 unspecified atom stereocenters. The molecule has 26 heavy (non-hydrogen) atoms. The van der Waals surface area contributed by atoms with Crippen LogP contribution in [0, 0.1) is 6.92 Å². The topological polar surface area (TPSA) is 72.7 Å². The van der Waals surface area contributed by atoms with Crippen LogP contribution < -0.4 is 10.9 Å². The number of pyridine rings is 1. The van der Waals surface area contributed by atoms with Gasteiger partial charge in [0.05, 0.1) is 6.61 Å². The summed E-state index contributed by atoms with van der Waals surface area (Å²) in [5.41, 5.74) is 2.32. The smallest absolute Gasteiger partial charge is 0.270 e. The van der Waals surface area contributed by atoms with E-state index in [0.717, 1.165) is 11.1 Å². The molecule has 0 aliphatic carbocycles. The number of carbonyl (C=O) groups is 1. The molecule has 0 bridgehead atoms. The second-order valence-corrected chi connectivity index (χ2v) is 6.06. The second-order valence-electron chi connectivity index (χ2n) is 6.06. The molecule has 1 N–H and O–H groups in total. The standard InChI is InChI=1S/C20H21N3O3/c1-15-8-10-23-18(12-15)22-13-17(20(23)25)19(24)21-9-5-11-26-14-16-6-3-2-4-7-16/h2-4,6-8,10,12-13H,5,9,11,14H2,1H3,(H,21,24). The highest BCUT2D eigenvalue weighted by Crippen LogP contribution is 2.03. The third kappa shape index (κ3) is 4.34. The molecular weight excluding hydrogens is 330 g/mol. The average Bonchev–Trinajstić information content (AvgIpc) is 2.65. The van der Waals surface area contributed by atoms with Gasteiger partial charge in [0.2, 0.25) is 0 Å². The number of carbonyl (C=O) groups excluding carboxylic acids is 1. The van der Waals surface area contributed by atoms with E-state index in [1.165, 1.54) is 10.6 Å². The highest BCUT2D eigenvalue weighted by atomic mass is 16.5. The lowest BCUT2D eigenvalue weighted by atomic mass is 10.2. The summed E-state index contributed by atoms with van der Waals surface area (Å²) in [4.78, 5) is 28.8. The molecule has 2 aromatic heterocycles. The van der Waals surface area contributed by atoms with E-state index in [1.807, 2.05) is 43.3 Å². The van der Waals surface area contributed by atoms with Crippen molar-refractivity contribution in [3.8, 4) is 0 Å². The van der Waals surface area contributed by atoms with Crippen molar-refractivity contribution in [2.24, 2.45) is 0 Å². The molecule has 3 rings (SSSR count). The molecule has 134 valence electrons. The van der Waals surface area contributed by atoms with Crippen molar-refractivity contribution < 1.29 is 9.53 Å². The molecule has 0 aliphatic rings. The highest BCUT2D eigenvalue weighted by Gasteiger charge is 2.12. The quantitative estimate of drug-likeness (QED) is 0.663. The monoisotopic (exact) mass is 351 g/mol. The number of aryl methyl sites for hydroxylation is 1. The van der Waals surface area contributed by atoms with E-state index in [0.29, 0.717) is 31.8 Å². The van der Waals surface area contributed by atoms with Gasteiger partial charge in [-0.2, -0.15) is 0 Å². The lowest BCUT2D eigenvalue weighted by molar-refractivity contribution is 0.0932. The maximum atomic E-state index is 12.4. The van der Waals surface area contributed by atoms with Gasteiger partial charge in [-0.3, -0.25) is 14.0 Å². The fraction of sp³-hybridized carbons (Fsp3) is 0.250. The largest absolute Gasteiger partial charge is 0.377 e. The Morgan fingerprint density at radius 3 is 2.85 bits per heavy atom. The normalized spacial score (nSPS) is 10.8. The Labute approximate surface area is 151 Å². The maximum absolute atomic E-state index is 12.4. The Kier molecular flexibility index (Phi) is 5.76. The fourth-order valence-corrected chi connectivity index (χ4v) is 2.57. The Balaban J connectivity index is 1.49. The first-order chi connectivity index (χ1) is 12.6. The van der Waals surface area contributed by atoms with Gasteiger partial charge in [-0.1, -0.05) is 30.3 Å². The summed E-state index contributed by atoms with van der Waals surface area (Å²) in [6.45, 7) is 3.43. The van der Waals surface area contributed by atoms with Crippen molar-refractivity contribution in [1.29, 1.82) is 0 Å². The van der Waals surface area contributed by atoms with Crippen LogP contribution in [-0.4, -0.2) is 28.4 Å². The Morgan fingerprint density at radius 2 is 2.04 bits per heavy atom. The highest BCUT2D eigenvalue weighted by molar-refractivity contribution is 5.93. The van der Waals surface area contributed by atoms with E-state index in [-0.39, 0.29) is 11.1 Å². The molecule has 0 fully saturated rings. The van der Waals surface area contributed by atoms with Crippen LogP contribution in [0.4, 0.5) is 0 Å². The van der Waals surface area contributed by atoms with E-state index in [2.05, 4.69) is 10.3 Å². The van der Waals surface area contributed by atoms with Gasteiger partial charge in [0.25, 0.3) is 11.5 Å². The molecule has 0 saturated heterocycles. The summed E-state index contributed by atoms with van der Waals surface area (Å²) in [6, 6.07) is 13.5. The van der Waals surface area contributed by atoms with Crippen LogP contribution in [0.3, 0.4) is 0 Å². The van der Waals surface area contributed by atoms with E-state index in [4.69, 9.17) is 4.74 Å². The number of hydrogen-bond donors (Lipinski definition) is 1. The number of rotatable bonds is 7. The predicted molar refractivity (Wildman–Crippen MR) is 99.2 cm³/mol. The van der Waals surface area contributed by atoms with Crippen molar-refractivity contribution >= 4 is 11.6 Å². The summed E-state index contributed by atoms with van der Waals surface area (Å²) in [7, 11) is 0. The number of nitrogens with zero attached hydrogens (tertiary/aromatic N) is 2. The zero-order valence-corrected chi connectivity index (χ0v) is 14.6.